The van der Waals surface area contributed by atoms with Crippen LogP contribution in [0.4, 0.5) is 10.1 Å². The van der Waals surface area contributed by atoms with Crippen LogP contribution in [0.15, 0.2) is 36.4 Å². The van der Waals surface area contributed by atoms with E-state index in [9.17, 15) is 4.39 Å². The fraction of sp³-hybridized carbons (Fsp3) is 0.200. The molecule has 0 radical (unpaired) electrons. The molecule has 0 aliphatic carbocycles. The normalized spacial score (nSPS) is 12.4. The van der Waals surface area contributed by atoms with E-state index in [1.165, 1.54) is 17.7 Å². The number of anilines is 1. The summed E-state index contributed by atoms with van der Waals surface area (Å²) in [5.74, 6) is 5.29. The van der Waals surface area contributed by atoms with Crippen molar-refractivity contribution >= 4 is 5.69 Å². The number of aryl methyl sites for hydroxylation is 2. The molecule has 0 heterocycles. The first kappa shape index (κ1) is 13.5. The maximum absolute atomic E-state index is 13.4. The van der Waals surface area contributed by atoms with Crippen molar-refractivity contribution < 1.29 is 4.39 Å². The van der Waals surface area contributed by atoms with E-state index in [2.05, 4.69) is 5.43 Å². The molecular weight excluding hydrogens is 241 g/mol. The number of hydrazine groups is 1. The number of nitrogens with one attached hydrogen (secondary N) is 1. The Hall–Kier alpha value is -1.91. The maximum Gasteiger partial charge on any atom is 0.123 e. The topological polar surface area (TPSA) is 64.1 Å². The third kappa shape index (κ3) is 2.75. The average Bonchev–Trinajstić information content (AvgIpc) is 2.38. The van der Waals surface area contributed by atoms with E-state index in [0.29, 0.717) is 11.3 Å². The zero-order valence-corrected chi connectivity index (χ0v) is 11.1. The van der Waals surface area contributed by atoms with Crippen molar-refractivity contribution in [3.05, 3.63) is 64.5 Å². The Labute approximate surface area is 112 Å². The molecule has 2 rings (SSSR count). The van der Waals surface area contributed by atoms with Crippen LogP contribution in [0.5, 0.6) is 0 Å². The smallest absolute Gasteiger partial charge is 0.123 e. The van der Waals surface area contributed by atoms with Gasteiger partial charge in [0.25, 0.3) is 0 Å². The van der Waals surface area contributed by atoms with Gasteiger partial charge in [0.2, 0.25) is 0 Å². The number of halogens is 1. The van der Waals surface area contributed by atoms with E-state index in [1.807, 2.05) is 32.0 Å². The molecule has 0 saturated carbocycles. The second kappa shape index (κ2) is 5.38. The van der Waals surface area contributed by atoms with Gasteiger partial charge in [-0.05, 0) is 48.7 Å². The van der Waals surface area contributed by atoms with Gasteiger partial charge in [0.1, 0.15) is 5.82 Å². The summed E-state index contributed by atoms with van der Waals surface area (Å²) in [7, 11) is 0. The highest BCUT2D eigenvalue weighted by Gasteiger charge is 2.16. The molecule has 0 fully saturated rings. The van der Waals surface area contributed by atoms with E-state index in [1.54, 1.807) is 6.07 Å². The Morgan fingerprint density at radius 2 is 1.79 bits per heavy atom. The molecule has 0 amide bonds. The molecule has 0 aliphatic rings. The summed E-state index contributed by atoms with van der Waals surface area (Å²) in [5.41, 5.74) is 13.1. The van der Waals surface area contributed by atoms with Crippen molar-refractivity contribution in [1.29, 1.82) is 0 Å². The molecule has 1 unspecified atom stereocenters. The van der Waals surface area contributed by atoms with Gasteiger partial charge in [-0.3, -0.25) is 5.84 Å². The number of nitrogens with two attached hydrogens (primary N) is 2. The van der Waals surface area contributed by atoms with Crippen LogP contribution in [0.1, 0.15) is 28.3 Å². The summed E-state index contributed by atoms with van der Waals surface area (Å²) in [4.78, 5) is 0. The Kier molecular flexibility index (Phi) is 3.83. The summed E-state index contributed by atoms with van der Waals surface area (Å²) in [6, 6.07) is 10.00. The fourth-order valence-electron chi connectivity index (χ4n) is 2.11. The van der Waals surface area contributed by atoms with Crippen LogP contribution < -0.4 is 17.0 Å². The van der Waals surface area contributed by atoms with Gasteiger partial charge in [0.15, 0.2) is 0 Å². The van der Waals surface area contributed by atoms with E-state index in [4.69, 9.17) is 11.6 Å². The number of hydrogen-bond donors (Lipinski definition) is 3. The zero-order chi connectivity index (χ0) is 14.0. The predicted molar refractivity (Wildman–Crippen MR) is 75.9 cm³/mol. The van der Waals surface area contributed by atoms with Crippen molar-refractivity contribution in [1.82, 2.24) is 5.43 Å². The number of rotatable bonds is 3. The van der Waals surface area contributed by atoms with Crippen LogP contribution in [0.3, 0.4) is 0 Å². The highest BCUT2D eigenvalue weighted by molar-refractivity contribution is 5.52. The second-order valence-corrected chi connectivity index (χ2v) is 4.72. The highest BCUT2D eigenvalue weighted by Crippen LogP contribution is 2.28. The summed E-state index contributed by atoms with van der Waals surface area (Å²) in [6.07, 6.45) is 0. The molecular formula is C15H18FN3. The molecule has 0 spiro atoms. The minimum atomic E-state index is -0.326. The molecule has 0 saturated heterocycles. The van der Waals surface area contributed by atoms with Crippen molar-refractivity contribution in [2.75, 3.05) is 5.73 Å². The average molecular weight is 259 g/mol. The van der Waals surface area contributed by atoms with Gasteiger partial charge < -0.3 is 5.73 Å². The summed E-state index contributed by atoms with van der Waals surface area (Å²) < 4.78 is 13.4. The monoisotopic (exact) mass is 259 g/mol. The molecule has 19 heavy (non-hydrogen) atoms. The Balaban J connectivity index is 2.49. The third-order valence-corrected chi connectivity index (χ3v) is 3.39. The molecule has 2 aromatic carbocycles. The van der Waals surface area contributed by atoms with Crippen molar-refractivity contribution in [2.45, 2.75) is 19.9 Å². The zero-order valence-electron chi connectivity index (χ0n) is 11.1. The largest absolute Gasteiger partial charge is 0.398 e. The first-order chi connectivity index (χ1) is 9.02. The van der Waals surface area contributed by atoms with Crippen LogP contribution in [0.25, 0.3) is 0 Å². The first-order valence-corrected chi connectivity index (χ1v) is 6.11. The first-order valence-electron chi connectivity index (χ1n) is 6.11. The Morgan fingerprint density at radius 1 is 1.05 bits per heavy atom. The lowest BCUT2D eigenvalue weighted by molar-refractivity contribution is 0.606. The van der Waals surface area contributed by atoms with Crippen molar-refractivity contribution in [3.8, 4) is 0 Å². The molecule has 0 bridgehead atoms. The van der Waals surface area contributed by atoms with Gasteiger partial charge in [-0.25, -0.2) is 9.82 Å². The SMILES string of the molecule is Cc1ccc(C(NN)c2cc(F)ccc2N)cc1C. The molecule has 2 aromatic rings. The van der Waals surface area contributed by atoms with Gasteiger partial charge in [-0.1, -0.05) is 18.2 Å². The third-order valence-electron chi connectivity index (χ3n) is 3.39. The Bertz CT molecular complexity index is 596. The fourth-order valence-corrected chi connectivity index (χ4v) is 2.11. The number of benzene rings is 2. The van der Waals surface area contributed by atoms with Crippen molar-refractivity contribution in [3.63, 3.8) is 0 Å². The predicted octanol–water partition coefficient (Wildman–Crippen LogP) is 2.58. The lowest BCUT2D eigenvalue weighted by atomic mass is 9.95. The molecule has 0 aliphatic heterocycles. The van der Waals surface area contributed by atoms with Crippen LogP contribution in [-0.2, 0) is 0 Å². The van der Waals surface area contributed by atoms with Crippen LogP contribution in [0.2, 0.25) is 0 Å². The molecule has 4 heteroatoms. The molecule has 100 valence electrons. The van der Waals surface area contributed by atoms with E-state index < -0.39 is 0 Å². The number of nitrogen functional groups attached to an aromatic ring is 1. The summed E-state index contributed by atoms with van der Waals surface area (Å²) in [6.45, 7) is 4.07. The molecule has 0 aromatic heterocycles. The van der Waals surface area contributed by atoms with Gasteiger partial charge in [0.05, 0.1) is 6.04 Å². The maximum atomic E-state index is 13.4. The van der Waals surface area contributed by atoms with Crippen molar-refractivity contribution in [2.24, 2.45) is 5.84 Å². The Morgan fingerprint density at radius 3 is 2.42 bits per heavy atom. The van der Waals surface area contributed by atoms with E-state index in [-0.39, 0.29) is 11.9 Å². The van der Waals surface area contributed by atoms with Gasteiger partial charge >= 0.3 is 0 Å². The van der Waals surface area contributed by atoms with E-state index in [0.717, 1.165) is 11.1 Å². The highest BCUT2D eigenvalue weighted by atomic mass is 19.1. The van der Waals surface area contributed by atoms with Crippen LogP contribution in [-0.4, -0.2) is 0 Å². The lowest BCUT2D eigenvalue weighted by Gasteiger charge is -2.19. The van der Waals surface area contributed by atoms with Gasteiger partial charge in [-0.15, -0.1) is 0 Å². The van der Waals surface area contributed by atoms with E-state index >= 15 is 0 Å². The number of hydrogen-bond acceptors (Lipinski definition) is 3. The van der Waals surface area contributed by atoms with Gasteiger partial charge in [-0.2, -0.15) is 0 Å². The lowest BCUT2D eigenvalue weighted by Crippen LogP contribution is -2.29. The molecule has 3 nitrogen and oxygen atoms in total. The summed E-state index contributed by atoms with van der Waals surface area (Å²) in [5, 5.41) is 0. The standard InChI is InChI=1S/C15H18FN3/c1-9-3-4-11(7-10(9)2)15(19-18)13-8-12(16)5-6-14(13)17/h3-8,15,19H,17-18H2,1-2H3. The summed E-state index contributed by atoms with van der Waals surface area (Å²) >= 11 is 0. The van der Waals surface area contributed by atoms with Crippen LogP contribution >= 0.6 is 0 Å². The van der Waals surface area contributed by atoms with Crippen LogP contribution in [0, 0.1) is 19.7 Å². The second-order valence-electron chi connectivity index (χ2n) is 4.72. The molecule has 5 N–H and O–H groups in total. The minimum Gasteiger partial charge on any atom is -0.398 e. The molecule has 1 atom stereocenters. The van der Waals surface area contributed by atoms with Gasteiger partial charge in [0, 0.05) is 11.3 Å². The quantitative estimate of drug-likeness (QED) is 0.451. The minimum absolute atomic E-state index is 0.324.